The van der Waals surface area contributed by atoms with Crippen molar-refractivity contribution in [3.63, 3.8) is 0 Å². The van der Waals surface area contributed by atoms with Crippen molar-refractivity contribution in [3.05, 3.63) is 24.0 Å². The van der Waals surface area contributed by atoms with Crippen molar-refractivity contribution in [2.24, 2.45) is 5.92 Å². The Bertz CT molecular complexity index is 665. The van der Waals surface area contributed by atoms with E-state index in [1.54, 1.807) is 12.4 Å². The van der Waals surface area contributed by atoms with E-state index in [9.17, 15) is 4.79 Å². The van der Waals surface area contributed by atoms with E-state index in [0.29, 0.717) is 16.1 Å². The van der Waals surface area contributed by atoms with Gasteiger partial charge in [-0.2, -0.15) is 11.8 Å². The normalized spacial score (nSPS) is 32.8. The number of pyridine rings is 1. The smallest absolute Gasteiger partial charge is 0.399 e. The molecule has 0 N–H and O–H groups in total. The minimum absolute atomic E-state index is 0.147. The number of hydrogen-bond donors (Lipinski definition) is 0. The molecule has 2 atom stereocenters. The summed E-state index contributed by atoms with van der Waals surface area (Å²) in [5.74, 6) is 0.386. The van der Waals surface area contributed by atoms with Gasteiger partial charge in [-0.15, -0.1) is 0 Å². The molecule has 4 rings (SSSR count). The number of rotatable bonds is 3. The minimum Gasteiger partial charge on any atom is -0.399 e. The van der Waals surface area contributed by atoms with Crippen molar-refractivity contribution >= 4 is 30.1 Å². The predicted octanol–water partition coefficient (Wildman–Crippen LogP) is 3.24. The molecule has 1 aromatic rings. The van der Waals surface area contributed by atoms with Gasteiger partial charge in [0.05, 0.1) is 11.2 Å². The van der Waals surface area contributed by atoms with Crippen molar-refractivity contribution in [1.29, 1.82) is 0 Å². The van der Waals surface area contributed by atoms with Crippen LogP contribution in [0.25, 0.3) is 0 Å². The summed E-state index contributed by atoms with van der Waals surface area (Å²) in [5.41, 5.74) is 0.746. The standard InChI is InChI=1S/C19H26BNO3S/c1-18(2)19(3,4)24-20(23-18)14-7-13(10-21-11-14)17(22)12-8-15-5-6-16(9-12)25-15/h7,10-12,15-16H,5-6,8-9H2,1-4H3. The van der Waals surface area contributed by atoms with Gasteiger partial charge in [-0.1, -0.05) is 0 Å². The highest BCUT2D eigenvalue weighted by atomic mass is 32.2. The average Bonchev–Trinajstić information content (AvgIpc) is 3.01. The molecule has 0 amide bonds. The van der Waals surface area contributed by atoms with Crippen LogP contribution in [0, 0.1) is 5.92 Å². The molecule has 134 valence electrons. The van der Waals surface area contributed by atoms with Gasteiger partial charge in [-0.05, 0) is 59.4 Å². The number of nitrogens with zero attached hydrogens (tertiary/aromatic N) is 1. The SMILES string of the molecule is CC1(C)OB(c2cncc(C(=O)C3CC4CCC(C3)S4)c2)OC1(C)C. The Morgan fingerprint density at radius 1 is 1.12 bits per heavy atom. The minimum atomic E-state index is -0.469. The molecule has 2 unspecified atom stereocenters. The third-order valence-electron chi connectivity index (χ3n) is 6.23. The van der Waals surface area contributed by atoms with Crippen molar-refractivity contribution in [2.45, 2.75) is 75.1 Å². The number of carbonyl (C=O) groups excluding carboxylic acids is 1. The Hall–Kier alpha value is -0.845. The summed E-state index contributed by atoms with van der Waals surface area (Å²) < 4.78 is 12.2. The first-order valence-corrected chi connectivity index (χ1v) is 10.2. The third kappa shape index (κ3) is 3.17. The van der Waals surface area contributed by atoms with Crippen LogP contribution < -0.4 is 5.46 Å². The van der Waals surface area contributed by atoms with Crippen LogP contribution >= 0.6 is 11.8 Å². The van der Waals surface area contributed by atoms with E-state index < -0.39 is 18.3 Å². The molecule has 0 aromatic carbocycles. The first-order chi connectivity index (χ1) is 11.7. The Kier molecular flexibility index (Phi) is 4.29. The summed E-state index contributed by atoms with van der Waals surface area (Å²) in [6.07, 6.45) is 8.01. The van der Waals surface area contributed by atoms with Gasteiger partial charge in [0.25, 0.3) is 0 Å². The lowest BCUT2D eigenvalue weighted by Crippen LogP contribution is -2.41. The molecule has 3 fully saturated rings. The molecule has 3 aliphatic rings. The quantitative estimate of drug-likeness (QED) is 0.613. The maximum Gasteiger partial charge on any atom is 0.496 e. The summed E-state index contributed by atoms with van der Waals surface area (Å²) in [5, 5.41) is 1.35. The number of carbonyl (C=O) groups is 1. The van der Waals surface area contributed by atoms with Gasteiger partial charge in [0.1, 0.15) is 0 Å². The van der Waals surface area contributed by atoms with Crippen LogP contribution in [0.5, 0.6) is 0 Å². The van der Waals surface area contributed by atoms with Crippen molar-refractivity contribution in [2.75, 3.05) is 0 Å². The fourth-order valence-corrected chi connectivity index (χ4v) is 5.78. The largest absolute Gasteiger partial charge is 0.496 e. The summed E-state index contributed by atoms with van der Waals surface area (Å²) in [6, 6.07) is 1.92. The Morgan fingerprint density at radius 3 is 2.32 bits per heavy atom. The van der Waals surface area contributed by atoms with E-state index in [-0.39, 0.29) is 11.7 Å². The van der Waals surface area contributed by atoms with E-state index in [1.807, 2.05) is 33.8 Å². The molecule has 0 saturated carbocycles. The number of hydrogen-bond acceptors (Lipinski definition) is 5. The van der Waals surface area contributed by atoms with Crippen LogP contribution in [-0.2, 0) is 9.31 Å². The summed E-state index contributed by atoms with van der Waals surface area (Å²) >= 11 is 2.08. The van der Waals surface area contributed by atoms with E-state index >= 15 is 0 Å². The molecule has 0 radical (unpaired) electrons. The van der Waals surface area contributed by atoms with Crippen LogP contribution in [0.4, 0.5) is 0 Å². The second kappa shape index (κ2) is 6.10. The van der Waals surface area contributed by atoms with Gasteiger partial charge < -0.3 is 9.31 Å². The molecule has 3 aliphatic heterocycles. The monoisotopic (exact) mass is 359 g/mol. The first-order valence-electron chi connectivity index (χ1n) is 9.25. The lowest BCUT2D eigenvalue weighted by Gasteiger charge is -2.32. The van der Waals surface area contributed by atoms with Crippen LogP contribution in [0.2, 0.25) is 0 Å². The maximum atomic E-state index is 13.0. The zero-order valence-corrected chi connectivity index (χ0v) is 16.3. The van der Waals surface area contributed by atoms with E-state index in [0.717, 1.165) is 18.3 Å². The highest BCUT2D eigenvalue weighted by Gasteiger charge is 2.52. The third-order valence-corrected chi connectivity index (χ3v) is 7.86. The number of aromatic nitrogens is 1. The van der Waals surface area contributed by atoms with Gasteiger partial charge in [0.2, 0.25) is 0 Å². The summed E-state index contributed by atoms with van der Waals surface area (Å²) in [6.45, 7) is 8.13. The predicted molar refractivity (Wildman–Crippen MR) is 101 cm³/mol. The molecule has 0 spiro atoms. The van der Waals surface area contributed by atoms with Crippen molar-refractivity contribution in [1.82, 2.24) is 4.98 Å². The van der Waals surface area contributed by atoms with Crippen molar-refractivity contribution < 1.29 is 14.1 Å². The van der Waals surface area contributed by atoms with Crippen LogP contribution in [0.1, 0.15) is 63.7 Å². The highest BCUT2D eigenvalue weighted by Crippen LogP contribution is 2.46. The van der Waals surface area contributed by atoms with Gasteiger partial charge in [0, 0.05) is 39.8 Å². The molecular weight excluding hydrogens is 333 g/mol. The lowest BCUT2D eigenvalue weighted by molar-refractivity contribution is 0.00578. The lowest BCUT2D eigenvalue weighted by atomic mass is 9.78. The second-order valence-corrected chi connectivity index (χ2v) is 10.2. The highest BCUT2D eigenvalue weighted by molar-refractivity contribution is 8.00. The second-order valence-electron chi connectivity index (χ2n) is 8.59. The molecule has 3 saturated heterocycles. The average molecular weight is 359 g/mol. The number of fused-ring (bicyclic) bond motifs is 2. The molecule has 2 bridgehead atoms. The van der Waals surface area contributed by atoms with Crippen LogP contribution in [-0.4, -0.2) is 39.6 Å². The molecule has 25 heavy (non-hydrogen) atoms. The molecule has 6 heteroatoms. The Balaban J connectivity index is 1.53. The molecule has 4 heterocycles. The van der Waals surface area contributed by atoms with Crippen LogP contribution in [0.3, 0.4) is 0 Å². The number of thioether (sulfide) groups is 1. The van der Waals surface area contributed by atoms with Crippen LogP contribution in [0.15, 0.2) is 18.5 Å². The van der Waals surface area contributed by atoms with Crippen molar-refractivity contribution in [3.8, 4) is 0 Å². The van der Waals surface area contributed by atoms with E-state index in [2.05, 4.69) is 16.7 Å². The number of ketones is 1. The molecule has 1 aromatic heterocycles. The van der Waals surface area contributed by atoms with E-state index in [4.69, 9.17) is 9.31 Å². The van der Waals surface area contributed by atoms with Gasteiger partial charge in [0.15, 0.2) is 5.78 Å². The number of Topliss-reactive ketones (excluding diaryl/α,β-unsaturated/α-hetero) is 1. The molecule has 0 aliphatic carbocycles. The van der Waals surface area contributed by atoms with Gasteiger partial charge >= 0.3 is 7.12 Å². The maximum absolute atomic E-state index is 13.0. The zero-order valence-electron chi connectivity index (χ0n) is 15.5. The molecule has 4 nitrogen and oxygen atoms in total. The van der Waals surface area contributed by atoms with E-state index in [1.165, 1.54) is 12.8 Å². The summed E-state index contributed by atoms with van der Waals surface area (Å²) in [7, 11) is -0.469. The zero-order chi connectivity index (χ0) is 17.8. The van der Waals surface area contributed by atoms with Gasteiger partial charge in [-0.3, -0.25) is 9.78 Å². The fraction of sp³-hybridized carbons (Fsp3) is 0.684. The topological polar surface area (TPSA) is 48.4 Å². The summed E-state index contributed by atoms with van der Waals surface area (Å²) in [4.78, 5) is 17.3. The first kappa shape index (κ1) is 17.6. The fourth-order valence-electron chi connectivity index (χ4n) is 4.01. The Morgan fingerprint density at radius 2 is 1.72 bits per heavy atom. The van der Waals surface area contributed by atoms with Gasteiger partial charge in [-0.25, -0.2) is 0 Å². The Labute approximate surface area is 154 Å². The molecular formula is C19H26BNO3S.